The SMILES string of the molecule is CN=C(NCc1cccc(Cn2cncn2)c1)NCc1ccc(Cl)cc1Cl.I. The van der Waals surface area contributed by atoms with E-state index in [1.54, 1.807) is 24.1 Å². The van der Waals surface area contributed by atoms with Gasteiger partial charge in [-0.15, -0.1) is 24.0 Å². The molecular formula is C19H21Cl2IN6. The Kier molecular flexibility index (Phi) is 9.01. The first-order chi connectivity index (χ1) is 13.1. The van der Waals surface area contributed by atoms with Crippen molar-refractivity contribution in [3.63, 3.8) is 0 Å². The fourth-order valence-corrected chi connectivity index (χ4v) is 3.07. The van der Waals surface area contributed by atoms with Crippen LogP contribution in [0.5, 0.6) is 0 Å². The van der Waals surface area contributed by atoms with E-state index in [-0.39, 0.29) is 24.0 Å². The molecule has 3 rings (SSSR count). The van der Waals surface area contributed by atoms with Crippen molar-refractivity contribution in [3.8, 4) is 0 Å². The van der Waals surface area contributed by atoms with Crippen LogP contribution in [0.1, 0.15) is 16.7 Å². The molecule has 0 amide bonds. The number of nitrogens with one attached hydrogen (secondary N) is 2. The highest BCUT2D eigenvalue weighted by Crippen LogP contribution is 2.20. The van der Waals surface area contributed by atoms with Crippen LogP contribution < -0.4 is 10.6 Å². The fraction of sp³-hybridized carbons (Fsp3) is 0.211. The molecule has 0 bridgehead atoms. The smallest absolute Gasteiger partial charge is 0.191 e. The van der Waals surface area contributed by atoms with E-state index >= 15 is 0 Å². The second kappa shape index (κ2) is 11.2. The van der Waals surface area contributed by atoms with E-state index in [0.29, 0.717) is 35.6 Å². The van der Waals surface area contributed by atoms with E-state index < -0.39 is 0 Å². The molecule has 0 fully saturated rings. The van der Waals surface area contributed by atoms with E-state index in [1.807, 2.05) is 18.2 Å². The van der Waals surface area contributed by atoms with Gasteiger partial charge in [0, 0.05) is 30.2 Å². The zero-order valence-electron chi connectivity index (χ0n) is 15.3. The van der Waals surface area contributed by atoms with E-state index in [1.165, 1.54) is 6.33 Å². The molecule has 2 N–H and O–H groups in total. The van der Waals surface area contributed by atoms with Gasteiger partial charge < -0.3 is 10.6 Å². The lowest BCUT2D eigenvalue weighted by atomic mass is 10.1. The third kappa shape index (κ3) is 6.65. The summed E-state index contributed by atoms with van der Waals surface area (Å²) in [6.07, 6.45) is 3.24. The lowest BCUT2D eigenvalue weighted by Gasteiger charge is -2.13. The lowest BCUT2D eigenvalue weighted by molar-refractivity contribution is 0.683. The summed E-state index contributed by atoms with van der Waals surface area (Å²) in [5.74, 6) is 0.697. The largest absolute Gasteiger partial charge is 0.352 e. The summed E-state index contributed by atoms with van der Waals surface area (Å²) in [5, 5.41) is 12.0. The van der Waals surface area contributed by atoms with Crippen LogP contribution in [0.15, 0.2) is 60.1 Å². The molecule has 0 aliphatic rings. The van der Waals surface area contributed by atoms with E-state index in [2.05, 4.69) is 43.9 Å². The number of aromatic nitrogens is 3. The first-order valence-electron chi connectivity index (χ1n) is 8.42. The fourth-order valence-electron chi connectivity index (χ4n) is 2.59. The Labute approximate surface area is 191 Å². The molecule has 1 aromatic heterocycles. The third-order valence-electron chi connectivity index (χ3n) is 3.95. The summed E-state index contributed by atoms with van der Waals surface area (Å²) in [7, 11) is 1.74. The summed E-state index contributed by atoms with van der Waals surface area (Å²) >= 11 is 12.1. The highest BCUT2D eigenvalue weighted by atomic mass is 127. The summed E-state index contributed by atoms with van der Waals surface area (Å²) < 4.78 is 1.79. The van der Waals surface area contributed by atoms with Gasteiger partial charge in [0.25, 0.3) is 0 Å². The van der Waals surface area contributed by atoms with E-state index in [9.17, 15) is 0 Å². The van der Waals surface area contributed by atoms with Gasteiger partial charge in [-0.3, -0.25) is 4.99 Å². The van der Waals surface area contributed by atoms with Gasteiger partial charge in [0.05, 0.1) is 6.54 Å². The first-order valence-corrected chi connectivity index (χ1v) is 9.18. The second-order valence-electron chi connectivity index (χ2n) is 5.93. The van der Waals surface area contributed by atoms with Crippen molar-refractivity contribution in [2.75, 3.05) is 7.05 Å². The van der Waals surface area contributed by atoms with Crippen molar-refractivity contribution in [2.45, 2.75) is 19.6 Å². The van der Waals surface area contributed by atoms with Crippen molar-refractivity contribution >= 4 is 53.1 Å². The highest BCUT2D eigenvalue weighted by Gasteiger charge is 2.04. The number of hydrogen-bond donors (Lipinski definition) is 2. The van der Waals surface area contributed by atoms with Crippen molar-refractivity contribution < 1.29 is 0 Å². The summed E-state index contributed by atoms with van der Waals surface area (Å²) in [6.45, 7) is 1.90. The molecule has 1 heterocycles. The minimum atomic E-state index is 0. The Hall–Kier alpha value is -1.84. The number of nitrogens with zero attached hydrogens (tertiary/aromatic N) is 4. The molecule has 0 aliphatic carbocycles. The molecule has 9 heteroatoms. The van der Waals surface area contributed by atoms with Crippen molar-refractivity contribution in [2.24, 2.45) is 4.99 Å². The number of guanidine groups is 1. The van der Waals surface area contributed by atoms with Gasteiger partial charge in [-0.25, -0.2) is 9.67 Å². The zero-order valence-corrected chi connectivity index (χ0v) is 19.1. The normalized spacial score (nSPS) is 11.0. The quantitative estimate of drug-likeness (QED) is 0.286. The maximum absolute atomic E-state index is 6.21. The maximum Gasteiger partial charge on any atom is 0.191 e. The Balaban J connectivity index is 0.00000280. The molecule has 2 aromatic carbocycles. The Morgan fingerprint density at radius 1 is 1.07 bits per heavy atom. The number of aliphatic imine (C=N–C) groups is 1. The van der Waals surface area contributed by atoms with Gasteiger partial charge in [-0.05, 0) is 28.8 Å². The molecule has 148 valence electrons. The van der Waals surface area contributed by atoms with Gasteiger partial charge in [0.2, 0.25) is 0 Å². The molecule has 3 aromatic rings. The molecule has 0 unspecified atom stereocenters. The average Bonchev–Trinajstić information content (AvgIpc) is 3.16. The maximum atomic E-state index is 6.21. The highest BCUT2D eigenvalue weighted by molar-refractivity contribution is 14.0. The summed E-state index contributed by atoms with van der Waals surface area (Å²) in [4.78, 5) is 8.22. The molecule has 0 radical (unpaired) electrons. The predicted octanol–water partition coefficient (Wildman–Crippen LogP) is 4.12. The van der Waals surface area contributed by atoms with Crippen LogP contribution in [0.4, 0.5) is 0 Å². The van der Waals surface area contributed by atoms with Crippen molar-refractivity contribution in [3.05, 3.63) is 81.9 Å². The molecule has 0 aliphatic heterocycles. The number of halogens is 3. The van der Waals surface area contributed by atoms with Crippen molar-refractivity contribution in [1.29, 1.82) is 0 Å². The van der Waals surface area contributed by atoms with Crippen LogP contribution in [0, 0.1) is 0 Å². The van der Waals surface area contributed by atoms with E-state index in [4.69, 9.17) is 23.2 Å². The Bertz CT molecular complexity index is 915. The van der Waals surface area contributed by atoms with Crippen LogP contribution in [-0.2, 0) is 19.6 Å². The van der Waals surface area contributed by atoms with Gasteiger partial charge in [0.1, 0.15) is 12.7 Å². The van der Waals surface area contributed by atoms with Crippen LogP contribution in [0.25, 0.3) is 0 Å². The number of rotatable bonds is 6. The predicted molar refractivity (Wildman–Crippen MR) is 124 cm³/mol. The van der Waals surface area contributed by atoms with Gasteiger partial charge >= 0.3 is 0 Å². The third-order valence-corrected chi connectivity index (χ3v) is 4.53. The standard InChI is InChI=1S/C19H20Cl2N6.HI/c1-22-19(25-10-16-5-6-17(20)8-18(16)21)24-9-14-3-2-4-15(7-14)11-27-13-23-12-26-27;/h2-8,12-13H,9-11H2,1H3,(H2,22,24,25);1H. The lowest BCUT2D eigenvalue weighted by Crippen LogP contribution is -2.36. The monoisotopic (exact) mass is 530 g/mol. The van der Waals surface area contributed by atoms with Crippen LogP contribution in [0.2, 0.25) is 10.0 Å². The minimum absolute atomic E-state index is 0. The van der Waals surface area contributed by atoms with Crippen LogP contribution in [0.3, 0.4) is 0 Å². The van der Waals surface area contributed by atoms with Crippen LogP contribution in [-0.4, -0.2) is 27.8 Å². The zero-order chi connectivity index (χ0) is 19.1. The summed E-state index contributed by atoms with van der Waals surface area (Å²) in [6, 6.07) is 13.8. The second-order valence-corrected chi connectivity index (χ2v) is 6.77. The number of benzene rings is 2. The van der Waals surface area contributed by atoms with Gasteiger partial charge in [-0.2, -0.15) is 5.10 Å². The Morgan fingerprint density at radius 3 is 2.57 bits per heavy atom. The molecule has 0 saturated heterocycles. The molecule has 0 atom stereocenters. The molecule has 6 nitrogen and oxygen atoms in total. The molecule has 0 spiro atoms. The Morgan fingerprint density at radius 2 is 1.86 bits per heavy atom. The van der Waals surface area contributed by atoms with Crippen molar-refractivity contribution in [1.82, 2.24) is 25.4 Å². The topological polar surface area (TPSA) is 67.1 Å². The van der Waals surface area contributed by atoms with Crippen LogP contribution >= 0.6 is 47.2 Å². The molecule has 0 saturated carbocycles. The molecule has 28 heavy (non-hydrogen) atoms. The number of hydrogen-bond acceptors (Lipinski definition) is 3. The minimum Gasteiger partial charge on any atom is -0.352 e. The van der Waals surface area contributed by atoms with Gasteiger partial charge in [-0.1, -0.05) is 53.5 Å². The van der Waals surface area contributed by atoms with Gasteiger partial charge in [0.15, 0.2) is 5.96 Å². The average molecular weight is 531 g/mol. The summed E-state index contributed by atoms with van der Waals surface area (Å²) in [5.41, 5.74) is 3.27. The van der Waals surface area contributed by atoms with E-state index in [0.717, 1.165) is 16.7 Å². The molecular weight excluding hydrogens is 510 g/mol. The first kappa shape index (κ1) is 22.4.